The van der Waals surface area contributed by atoms with Gasteiger partial charge in [0.25, 0.3) is 0 Å². The van der Waals surface area contributed by atoms with Gasteiger partial charge in [0.2, 0.25) is 0 Å². The summed E-state index contributed by atoms with van der Waals surface area (Å²) in [6.45, 7) is 4.22. The Labute approximate surface area is 124 Å². The quantitative estimate of drug-likeness (QED) is 0.646. The molecule has 0 bridgehead atoms. The van der Waals surface area contributed by atoms with E-state index in [1.54, 1.807) is 11.8 Å². The van der Waals surface area contributed by atoms with Crippen LogP contribution >= 0.6 is 23.4 Å². The first-order valence-electron chi connectivity index (χ1n) is 6.69. The lowest BCUT2D eigenvalue weighted by atomic mass is 10.1. The van der Waals surface area contributed by atoms with Gasteiger partial charge in [-0.3, -0.25) is 4.79 Å². The van der Waals surface area contributed by atoms with E-state index in [4.69, 9.17) is 11.6 Å². The number of carbonyl (C=O) groups excluding carboxylic acids is 1. The molecule has 1 aromatic rings. The normalized spacial score (nSPS) is 14.3. The summed E-state index contributed by atoms with van der Waals surface area (Å²) in [5.74, 6) is 0.814. The second-order valence-corrected chi connectivity index (χ2v) is 6.82. The van der Waals surface area contributed by atoms with E-state index < -0.39 is 0 Å². The van der Waals surface area contributed by atoms with Crippen molar-refractivity contribution in [3.63, 3.8) is 0 Å². The lowest BCUT2D eigenvalue weighted by molar-refractivity contribution is -0.120. The van der Waals surface area contributed by atoms with Crippen LogP contribution in [0.25, 0.3) is 0 Å². The minimum atomic E-state index is 0.374. The molecular weight excluding hydrogens is 276 g/mol. The number of Topliss-reactive ketones (excluding diaryl/α,β-unsaturated/α-hetero) is 1. The molecule has 0 N–H and O–H groups in total. The van der Waals surface area contributed by atoms with E-state index in [1.807, 2.05) is 24.3 Å². The van der Waals surface area contributed by atoms with Crippen LogP contribution in [-0.4, -0.2) is 5.78 Å². The summed E-state index contributed by atoms with van der Waals surface area (Å²) in [5, 5.41) is 0.756. The van der Waals surface area contributed by atoms with E-state index >= 15 is 0 Å². The van der Waals surface area contributed by atoms with Gasteiger partial charge in [-0.25, -0.2) is 0 Å². The average molecular weight is 295 g/mol. The summed E-state index contributed by atoms with van der Waals surface area (Å²) in [6.07, 6.45) is 3.76. The van der Waals surface area contributed by atoms with Gasteiger partial charge < -0.3 is 0 Å². The molecule has 1 fully saturated rings. The third kappa shape index (κ3) is 4.70. The van der Waals surface area contributed by atoms with Crippen LogP contribution in [0, 0.1) is 5.92 Å². The van der Waals surface area contributed by atoms with E-state index in [0.717, 1.165) is 24.3 Å². The zero-order chi connectivity index (χ0) is 13.8. The summed E-state index contributed by atoms with van der Waals surface area (Å²) >= 11 is 7.64. The molecule has 0 aliphatic heterocycles. The summed E-state index contributed by atoms with van der Waals surface area (Å²) in [5.41, 5.74) is 1.29. The first kappa shape index (κ1) is 14.7. The van der Waals surface area contributed by atoms with E-state index in [9.17, 15) is 4.79 Å². The topological polar surface area (TPSA) is 17.1 Å². The number of rotatable bonds is 6. The van der Waals surface area contributed by atoms with Crippen LogP contribution in [0.3, 0.4) is 0 Å². The maximum atomic E-state index is 11.8. The molecule has 0 aromatic heterocycles. The van der Waals surface area contributed by atoms with Crippen molar-refractivity contribution < 1.29 is 4.79 Å². The summed E-state index contributed by atoms with van der Waals surface area (Å²) < 4.78 is 0. The molecule has 3 heteroatoms. The molecule has 1 nitrogen and oxygen atoms in total. The predicted molar refractivity (Wildman–Crippen MR) is 82.6 cm³/mol. The van der Waals surface area contributed by atoms with Gasteiger partial charge in [-0.1, -0.05) is 28.9 Å². The first-order valence-corrected chi connectivity index (χ1v) is 7.88. The second-order valence-electron chi connectivity index (χ2n) is 5.22. The molecule has 0 unspecified atom stereocenters. The number of halogens is 1. The molecule has 0 atom stereocenters. The number of ketones is 1. The lowest BCUT2D eigenvalue weighted by Crippen LogP contribution is -2.00. The Morgan fingerprint density at radius 1 is 1.21 bits per heavy atom. The van der Waals surface area contributed by atoms with Crippen LogP contribution in [0.1, 0.15) is 39.5 Å². The van der Waals surface area contributed by atoms with Crippen molar-refractivity contribution in [2.24, 2.45) is 5.92 Å². The van der Waals surface area contributed by atoms with Crippen molar-refractivity contribution in [2.75, 3.05) is 0 Å². The highest BCUT2D eigenvalue weighted by molar-refractivity contribution is 8.03. The third-order valence-electron chi connectivity index (χ3n) is 3.24. The summed E-state index contributed by atoms with van der Waals surface area (Å²) in [7, 11) is 0. The minimum absolute atomic E-state index is 0.374. The highest BCUT2D eigenvalue weighted by Crippen LogP contribution is 2.36. The van der Waals surface area contributed by atoms with E-state index in [0.29, 0.717) is 18.1 Å². The Kier molecular flexibility index (Phi) is 5.12. The van der Waals surface area contributed by atoms with Crippen molar-refractivity contribution in [3.8, 4) is 0 Å². The van der Waals surface area contributed by atoms with E-state index in [1.165, 1.54) is 15.4 Å². The van der Waals surface area contributed by atoms with Gasteiger partial charge in [-0.05, 0) is 62.3 Å². The van der Waals surface area contributed by atoms with Crippen molar-refractivity contribution >= 4 is 29.1 Å². The van der Waals surface area contributed by atoms with Crippen molar-refractivity contribution in [3.05, 3.63) is 39.8 Å². The smallest absolute Gasteiger partial charge is 0.136 e. The molecular formula is C16H19ClOS. The van der Waals surface area contributed by atoms with Gasteiger partial charge in [0.05, 0.1) is 0 Å². The molecule has 0 radical (unpaired) electrons. The molecule has 1 aromatic carbocycles. The lowest BCUT2D eigenvalue weighted by Gasteiger charge is -2.09. The fraction of sp³-hybridized carbons (Fsp3) is 0.438. The fourth-order valence-corrected chi connectivity index (χ4v) is 2.99. The standard InChI is InChI=1S/C16H19ClOS/c1-11(2)16(10-9-15(18)12-3-4-12)19-14-7-5-13(17)6-8-14/h5-8,12H,3-4,9-10H2,1-2H3. The van der Waals surface area contributed by atoms with Gasteiger partial charge in [0, 0.05) is 22.3 Å². The first-order chi connectivity index (χ1) is 9.06. The molecule has 1 saturated carbocycles. The van der Waals surface area contributed by atoms with Crippen LogP contribution in [0.2, 0.25) is 5.02 Å². The van der Waals surface area contributed by atoms with Crippen molar-refractivity contribution in [1.82, 2.24) is 0 Å². The second kappa shape index (κ2) is 6.62. The largest absolute Gasteiger partial charge is 0.299 e. The zero-order valence-corrected chi connectivity index (χ0v) is 13.0. The number of allylic oxidation sites excluding steroid dienone is 2. The minimum Gasteiger partial charge on any atom is -0.299 e. The fourth-order valence-electron chi connectivity index (χ4n) is 1.89. The molecule has 1 aliphatic carbocycles. The summed E-state index contributed by atoms with van der Waals surface area (Å²) in [6, 6.07) is 7.86. The molecule has 0 spiro atoms. The molecule has 0 saturated heterocycles. The number of hydrogen-bond donors (Lipinski definition) is 0. The highest BCUT2D eigenvalue weighted by atomic mass is 35.5. The summed E-state index contributed by atoms with van der Waals surface area (Å²) in [4.78, 5) is 14.3. The number of carbonyl (C=O) groups is 1. The van der Waals surface area contributed by atoms with Crippen LogP contribution in [0.15, 0.2) is 39.6 Å². The predicted octanol–water partition coefficient (Wildman–Crippen LogP) is 5.49. The van der Waals surface area contributed by atoms with Gasteiger partial charge >= 0.3 is 0 Å². The van der Waals surface area contributed by atoms with Gasteiger partial charge in [-0.2, -0.15) is 0 Å². The number of hydrogen-bond acceptors (Lipinski definition) is 2. The average Bonchev–Trinajstić information content (AvgIpc) is 3.20. The van der Waals surface area contributed by atoms with E-state index in [-0.39, 0.29) is 0 Å². The number of benzene rings is 1. The van der Waals surface area contributed by atoms with Gasteiger partial charge in [-0.15, -0.1) is 0 Å². The number of thioether (sulfide) groups is 1. The molecule has 1 aliphatic rings. The Balaban J connectivity index is 1.94. The zero-order valence-electron chi connectivity index (χ0n) is 11.4. The Morgan fingerprint density at radius 2 is 1.84 bits per heavy atom. The van der Waals surface area contributed by atoms with Crippen LogP contribution in [0.4, 0.5) is 0 Å². The van der Waals surface area contributed by atoms with Gasteiger partial charge in [0.15, 0.2) is 0 Å². The maximum absolute atomic E-state index is 11.8. The monoisotopic (exact) mass is 294 g/mol. The molecule has 0 amide bonds. The molecule has 19 heavy (non-hydrogen) atoms. The van der Waals surface area contributed by atoms with Crippen molar-refractivity contribution in [2.45, 2.75) is 44.4 Å². The third-order valence-corrected chi connectivity index (χ3v) is 4.86. The van der Waals surface area contributed by atoms with Crippen LogP contribution < -0.4 is 0 Å². The Hall–Kier alpha value is -0.730. The van der Waals surface area contributed by atoms with E-state index in [2.05, 4.69) is 13.8 Å². The van der Waals surface area contributed by atoms with Crippen molar-refractivity contribution in [1.29, 1.82) is 0 Å². The molecule has 2 rings (SSSR count). The molecule has 102 valence electrons. The Morgan fingerprint density at radius 3 is 2.37 bits per heavy atom. The van der Waals surface area contributed by atoms with Gasteiger partial charge in [0.1, 0.15) is 5.78 Å². The molecule has 0 heterocycles. The SMILES string of the molecule is CC(C)=C(CCC(=O)C1CC1)Sc1ccc(Cl)cc1. The highest BCUT2D eigenvalue weighted by Gasteiger charge is 2.28. The maximum Gasteiger partial charge on any atom is 0.136 e. The van der Waals surface area contributed by atoms with Crippen LogP contribution in [-0.2, 0) is 4.79 Å². The van der Waals surface area contributed by atoms with Crippen LogP contribution in [0.5, 0.6) is 0 Å². The Bertz CT molecular complexity index is 482.